The lowest BCUT2D eigenvalue weighted by Crippen LogP contribution is -2.25. The molecule has 1 amide bonds. The SMILES string of the molecule is CCCCOCCC(=O)N(C)CI. The van der Waals surface area contributed by atoms with Gasteiger partial charge in [-0.2, -0.15) is 0 Å². The van der Waals surface area contributed by atoms with E-state index in [1.807, 2.05) is 0 Å². The lowest BCUT2D eigenvalue weighted by molar-refractivity contribution is -0.129. The van der Waals surface area contributed by atoms with E-state index in [1.54, 1.807) is 11.9 Å². The van der Waals surface area contributed by atoms with Crippen molar-refractivity contribution in [2.45, 2.75) is 26.2 Å². The molecule has 0 spiro atoms. The predicted octanol–water partition coefficient (Wildman–Crippen LogP) is 2.04. The van der Waals surface area contributed by atoms with Gasteiger partial charge in [0.15, 0.2) is 0 Å². The van der Waals surface area contributed by atoms with Crippen LogP contribution in [0.2, 0.25) is 0 Å². The van der Waals surface area contributed by atoms with Crippen LogP contribution in [0.3, 0.4) is 0 Å². The Bertz CT molecular complexity index is 142. The second kappa shape index (κ2) is 8.74. The van der Waals surface area contributed by atoms with Crippen molar-refractivity contribution < 1.29 is 9.53 Å². The van der Waals surface area contributed by atoms with Gasteiger partial charge < -0.3 is 9.64 Å². The number of carbonyl (C=O) groups is 1. The number of carbonyl (C=O) groups excluding carboxylic acids is 1. The Kier molecular flexibility index (Phi) is 8.85. The molecule has 0 aromatic heterocycles. The van der Waals surface area contributed by atoms with Gasteiger partial charge in [-0.3, -0.25) is 4.79 Å². The van der Waals surface area contributed by atoms with Gasteiger partial charge in [-0.25, -0.2) is 0 Å². The molecule has 3 nitrogen and oxygen atoms in total. The molecule has 0 rings (SSSR count). The third-order valence-electron chi connectivity index (χ3n) is 1.71. The molecular weight excluding hydrogens is 281 g/mol. The molecule has 0 heterocycles. The lowest BCUT2D eigenvalue weighted by Gasteiger charge is -2.13. The molecule has 78 valence electrons. The molecule has 0 N–H and O–H groups in total. The summed E-state index contributed by atoms with van der Waals surface area (Å²) in [7, 11) is 1.81. The number of halogens is 1. The molecule has 0 unspecified atom stereocenters. The number of hydrogen-bond donors (Lipinski definition) is 0. The second-order valence-corrected chi connectivity index (χ2v) is 3.61. The predicted molar refractivity (Wildman–Crippen MR) is 62.0 cm³/mol. The van der Waals surface area contributed by atoms with Gasteiger partial charge in [0.25, 0.3) is 0 Å². The van der Waals surface area contributed by atoms with Crippen LogP contribution in [0, 0.1) is 0 Å². The van der Waals surface area contributed by atoms with Gasteiger partial charge in [0.05, 0.1) is 17.6 Å². The average Bonchev–Trinajstić information content (AvgIpc) is 2.16. The van der Waals surface area contributed by atoms with Crippen LogP contribution in [0.25, 0.3) is 0 Å². The van der Waals surface area contributed by atoms with E-state index in [2.05, 4.69) is 29.5 Å². The van der Waals surface area contributed by atoms with E-state index < -0.39 is 0 Å². The van der Waals surface area contributed by atoms with Crippen molar-refractivity contribution in [3.05, 3.63) is 0 Å². The zero-order valence-corrected chi connectivity index (χ0v) is 10.5. The Morgan fingerprint density at radius 1 is 1.46 bits per heavy atom. The number of nitrogens with zero attached hydrogens (tertiary/aromatic N) is 1. The van der Waals surface area contributed by atoms with Gasteiger partial charge in [0.2, 0.25) is 5.91 Å². The minimum absolute atomic E-state index is 0.158. The van der Waals surface area contributed by atoms with Crippen LogP contribution >= 0.6 is 22.6 Å². The second-order valence-electron chi connectivity index (χ2n) is 2.93. The van der Waals surface area contributed by atoms with Crippen LogP contribution in [0.15, 0.2) is 0 Å². The summed E-state index contributed by atoms with van der Waals surface area (Å²) in [4.78, 5) is 12.9. The zero-order valence-electron chi connectivity index (χ0n) is 8.38. The minimum atomic E-state index is 0.158. The molecule has 0 saturated heterocycles. The first-order valence-electron chi connectivity index (χ1n) is 4.60. The highest BCUT2D eigenvalue weighted by Gasteiger charge is 2.05. The maximum Gasteiger partial charge on any atom is 0.225 e. The Balaban J connectivity index is 3.27. The highest BCUT2D eigenvalue weighted by atomic mass is 127. The summed E-state index contributed by atoms with van der Waals surface area (Å²) in [6.07, 6.45) is 2.72. The molecule has 0 aliphatic heterocycles. The van der Waals surface area contributed by atoms with E-state index in [0.717, 1.165) is 24.0 Å². The van der Waals surface area contributed by atoms with Crippen molar-refractivity contribution in [2.75, 3.05) is 24.8 Å². The van der Waals surface area contributed by atoms with Crippen LogP contribution < -0.4 is 0 Å². The van der Waals surface area contributed by atoms with Crippen LogP contribution in [0.1, 0.15) is 26.2 Å². The highest BCUT2D eigenvalue weighted by molar-refractivity contribution is 14.1. The summed E-state index contributed by atoms with van der Waals surface area (Å²) >= 11 is 2.17. The topological polar surface area (TPSA) is 29.5 Å². The Hall–Kier alpha value is 0.160. The normalized spacial score (nSPS) is 10.1. The molecule has 0 aliphatic carbocycles. The van der Waals surface area contributed by atoms with E-state index in [-0.39, 0.29) is 5.91 Å². The van der Waals surface area contributed by atoms with Crippen molar-refractivity contribution in [2.24, 2.45) is 0 Å². The first-order valence-corrected chi connectivity index (χ1v) is 6.12. The molecule has 0 aliphatic rings. The van der Waals surface area contributed by atoms with Crippen LogP contribution in [-0.4, -0.2) is 35.6 Å². The summed E-state index contributed by atoms with van der Waals surface area (Å²) < 4.78 is 6.03. The lowest BCUT2D eigenvalue weighted by atomic mass is 10.3. The minimum Gasteiger partial charge on any atom is -0.381 e. The average molecular weight is 299 g/mol. The van der Waals surface area contributed by atoms with Crippen molar-refractivity contribution >= 4 is 28.5 Å². The fraction of sp³-hybridized carbons (Fsp3) is 0.889. The highest BCUT2D eigenvalue weighted by Crippen LogP contribution is 1.96. The van der Waals surface area contributed by atoms with Crippen LogP contribution in [0.5, 0.6) is 0 Å². The van der Waals surface area contributed by atoms with E-state index in [0.29, 0.717) is 13.0 Å². The molecule has 4 heteroatoms. The molecule has 0 atom stereocenters. The quantitative estimate of drug-likeness (QED) is 0.312. The fourth-order valence-electron chi connectivity index (χ4n) is 0.765. The Morgan fingerprint density at radius 2 is 2.15 bits per heavy atom. The molecule has 0 aromatic carbocycles. The van der Waals surface area contributed by atoms with Crippen LogP contribution in [-0.2, 0) is 9.53 Å². The summed E-state index contributed by atoms with van der Waals surface area (Å²) in [5.41, 5.74) is 0. The van der Waals surface area contributed by atoms with Crippen molar-refractivity contribution in [1.82, 2.24) is 4.90 Å². The first-order chi connectivity index (χ1) is 6.22. The summed E-state index contributed by atoms with van der Waals surface area (Å²) in [6.45, 7) is 3.45. The smallest absolute Gasteiger partial charge is 0.225 e. The third-order valence-corrected chi connectivity index (χ3v) is 2.73. The summed E-state index contributed by atoms with van der Waals surface area (Å²) in [5, 5.41) is 0. The largest absolute Gasteiger partial charge is 0.381 e. The fourth-order valence-corrected chi connectivity index (χ4v) is 1.15. The number of hydrogen-bond acceptors (Lipinski definition) is 2. The first kappa shape index (κ1) is 13.2. The molecule has 0 saturated carbocycles. The van der Waals surface area contributed by atoms with Gasteiger partial charge in [0, 0.05) is 13.7 Å². The molecule has 13 heavy (non-hydrogen) atoms. The van der Waals surface area contributed by atoms with E-state index in [1.165, 1.54) is 0 Å². The number of amides is 1. The summed E-state index contributed by atoms with van der Waals surface area (Å²) in [5.74, 6) is 0.158. The molecule has 0 bridgehead atoms. The number of alkyl halides is 1. The monoisotopic (exact) mass is 299 g/mol. The third kappa shape index (κ3) is 7.25. The molecule has 0 aromatic rings. The summed E-state index contributed by atoms with van der Waals surface area (Å²) in [6, 6.07) is 0. The maximum absolute atomic E-state index is 11.2. The molecular formula is C9H18INO2. The van der Waals surface area contributed by atoms with Crippen molar-refractivity contribution in [3.63, 3.8) is 0 Å². The number of ether oxygens (including phenoxy) is 1. The van der Waals surface area contributed by atoms with Crippen molar-refractivity contribution in [3.8, 4) is 0 Å². The Morgan fingerprint density at radius 3 is 2.69 bits per heavy atom. The standard InChI is InChI=1S/C9H18INO2/c1-3-4-6-13-7-5-9(12)11(2)8-10/h3-8H2,1-2H3. The number of rotatable bonds is 7. The van der Waals surface area contributed by atoms with E-state index >= 15 is 0 Å². The van der Waals surface area contributed by atoms with E-state index in [4.69, 9.17) is 4.74 Å². The molecule has 0 fully saturated rings. The zero-order chi connectivity index (χ0) is 10.1. The van der Waals surface area contributed by atoms with Crippen LogP contribution in [0.4, 0.5) is 0 Å². The van der Waals surface area contributed by atoms with Gasteiger partial charge in [-0.1, -0.05) is 35.9 Å². The van der Waals surface area contributed by atoms with E-state index in [9.17, 15) is 4.79 Å². The van der Waals surface area contributed by atoms with Crippen molar-refractivity contribution in [1.29, 1.82) is 0 Å². The van der Waals surface area contributed by atoms with Gasteiger partial charge in [-0.15, -0.1) is 0 Å². The van der Waals surface area contributed by atoms with Gasteiger partial charge >= 0.3 is 0 Å². The number of unbranched alkanes of at least 4 members (excludes halogenated alkanes) is 1. The van der Waals surface area contributed by atoms with Gasteiger partial charge in [0.1, 0.15) is 0 Å². The van der Waals surface area contributed by atoms with Gasteiger partial charge in [-0.05, 0) is 6.42 Å². The molecule has 0 radical (unpaired) electrons. The Labute approximate surface area is 94.0 Å². The maximum atomic E-state index is 11.2.